The highest BCUT2D eigenvalue weighted by molar-refractivity contribution is 15.0. The minimum absolute atomic E-state index is 0. The molecule has 6 amide bonds. The molecule has 7 saturated heterocycles. The monoisotopic (exact) mass is 1870 g/mol. The molecule has 0 aromatic heterocycles. The van der Waals surface area contributed by atoms with Crippen molar-refractivity contribution >= 4 is 351 Å². The summed E-state index contributed by atoms with van der Waals surface area (Å²) in [6.07, 6.45) is 9.09. The van der Waals surface area contributed by atoms with E-state index in [-0.39, 0.29) is 111 Å². The molecular weight excluding hydrogens is 1810 g/mol. The summed E-state index contributed by atoms with van der Waals surface area (Å²) in [7, 11) is 32.0. The third kappa shape index (κ3) is 35.5. The fourth-order valence-electron chi connectivity index (χ4n) is 6.12. The van der Waals surface area contributed by atoms with Gasteiger partial charge in [0.25, 0.3) is 23.6 Å². The number of unbranched alkanes of at least 4 members (excludes halogenated alkanes) is 2. The van der Waals surface area contributed by atoms with Crippen molar-refractivity contribution in [2.45, 2.75) is 134 Å². The number of nitrogens with one attached hydrogen (secondary N) is 4. The molecule has 6 atom stereocenters. The molecule has 43 heteroatoms. The van der Waals surface area contributed by atoms with Crippen LogP contribution in [-0.2, 0) is 66.7 Å². The predicted molar refractivity (Wildman–Crippen MR) is 441 cm³/mol. The number of rotatable bonds is 17. The fourth-order valence-corrected chi connectivity index (χ4v) is 36.6. The number of halogens is 2. The normalized spacial score (nSPS) is 25.6. The molecule has 0 aliphatic carbocycles. The van der Waals surface area contributed by atoms with E-state index in [1.165, 1.54) is 83.4 Å². The van der Waals surface area contributed by atoms with E-state index in [0.717, 1.165) is 45.4 Å². The summed E-state index contributed by atoms with van der Waals surface area (Å²) >= 11 is 13.1. The standard InChI is InChI=1S/C21H28N3O6S5.C16H21N4O4S5.2CS4.CH2S2.4CH4.I2.P2S2/c1-21(2,3)30-20(29)35-12-31-32-18-17(28)13(23-19(35)34-33-18)6-4-5-10-22-14(25)9-11-24-15(26)7-8-16(24)27;17-29-9-25-26-15-14(24)10(19-16(29)28-27-15)3-1-2-7-18-11(21)6-8-20-12(22)4-5-13(20)23;2*2-1(3-2)4-5-1;1-2-3-1;;;;;1-2;3-1-2-4/h7-8,12-13,18,23H,4-6,9-11H2,1-3H3,(H,22,25);4-5,9-10,15,19H,1-3,6-8,17H2,(H,18,21);;;1H2;4*1H4;;/q2*-1;;;;;;;;;. The Morgan fingerprint density at radius 3 is 1.37 bits per heavy atom. The Balaban J connectivity index is 0.000000642. The number of hydrogen-bond acceptors (Lipinski definition) is 33. The molecule has 7 fully saturated rings. The van der Waals surface area contributed by atoms with Crippen molar-refractivity contribution in [3.8, 4) is 0 Å². The van der Waals surface area contributed by atoms with Crippen LogP contribution in [0.15, 0.2) is 24.3 Å². The number of Topliss-reactive ketones (excluding diaryl/α,β-unsaturated/α-hetero) is 2. The first kappa shape index (κ1) is 89.6. The van der Waals surface area contributed by atoms with Gasteiger partial charge in [-0.3, -0.25) is 80.4 Å². The molecule has 0 aromatic carbocycles. The van der Waals surface area contributed by atoms with Gasteiger partial charge in [0.1, 0.15) is 14.8 Å². The molecule has 17 nitrogen and oxygen atoms in total. The summed E-state index contributed by atoms with van der Waals surface area (Å²) in [6.45, 7) is 6.55. The van der Waals surface area contributed by atoms with Gasteiger partial charge in [0, 0.05) is 115 Å². The van der Waals surface area contributed by atoms with Crippen LogP contribution in [0.5, 0.6) is 0 Å². The Morgan fingerprint density at radius 1 is 0.655 bits per heavy atom. The molecule has 2 spiro atoms. The minimum Gasteiger partial charge on any atom is -0.454 e. The highest BCUT2D eigenvalue weighted by atomic mass is 128. The van der Waals surface area contributed by atoms with Gasteiger partial charge >= 0.3 is 5.30 Å². The quantitative estimate of drug-likeness (QED) is 0.0105. The van der Waals surface area contributed by atoms with Crippen molar-refractivity contribution in [1.82, 2.24) is 31.1 Å². The zero-order chi connectivity index (χ0) is 60.6. The molecule has 11 aliphatic heterocycles. The van der Waals surface area contributed by atoms with Crippen molar-refractivity contribution in [3.63, 3.8) is 0 Å². The Labute approximate surface area is 626 Å². The Hall–Kier alpha value is 4.63. The fraction of sp³-hybridized carbons (Fsp3) is 0.614. The number of amides is 6. The van der Waals surface area contributed by atoms with Crippen LogP contribution < -0.4 is 26.4 Å². The van der Waals surface area contributed by atoms with E-state index in [4.69, 9.17) is 9.88 Å². The number of carbonyl (C=O) groups is 9. The van der Waals surface area contributed by atoms with E-state index in [0.29, 0.717) is 44.3 Å². The molecule has 0 aromatic rings. The van der Waals surface area contributed by atoms with Crippen LogP contribution in [0, 0.1) is 10.2 Å². The Morgan fingerprint density at radius 2 is 1.02 bits per heavy atom. The lowest BCUT2D eigenvalue weighted by atomic mass is 10.1. The smallest absolute Gasteiger partial charge is 0.334 e. The highest BCUT2D eigenvalue weighted by Crippen LogP contribution is 2.93. The summed E-state index contributed by atoms with van der Waals surface area (Å²) in [6, 6.07) is -0.670. The van der Waals surface area contributed by atoms with Crippen molar-refractivity contribution < 1.29 is 47.9 Å². The molecule has 496 valence electrons. The van der Waals surface area contributed by atoms with E-state index in [9.17, 15) is 43.2 Å². The zero-order valence-corrected chi connectivity index (χ0v) is 67.2. The van der Waals surface area contributed by atoms with E-state index in [1.807, 2.05) is 139 Å². The van der Waals surface area contributed by atoms with Gasteiger partial charge in [0.15, 0.2) is 17.1 Å². The van der Waals surface area contributed by atoms with Crippen LogP contribution in [0.4, 0.5) is 4.79 Å². The topological polar surface area (TPSA) is 243 Å². The van der Waals surface area contributed by atoms with Gasteiger partial charge in [-0.15, -0.1) is 21.6 Å². The number of imide groups is 2. The summed E-state index contributed by atoms with van der Waals surface area (Å²) in [5.41, 5.74) is -0.597. The van der Waals surface area contributed by atoms with E-state index >= 15 is 0 Å². The van der Waals surface area contributed by atoms with Crippen LogP contribution in [0.1, 0.15) is 102 Å². The predicted octanol–water partition coefficient (Wildman–Crippen LogP) is 17.4. The molecule has 4 bridgehead atoms. The second kappa shape index (κ2) is 47.6. The summed E-state index contributed by atoms with van der Waals surface area (Å²) in [5, 5.41) is 23.2. The lowest BCUT2D eigenvalue weighted by molar-refractivity contribution is -0.139. The first-order valence-electron chi connectivity index (χ1n) is 23.6. The van der Waals surface area contributed by atoms with Gasteiger partial charge < -0.3 is 20.5 Å². The number of hydrogen-bond donors (Lipinski definition) is 5. The van der Waals surface area contributed by atoms with Gasteiger partial charge in [-0.2, -0.15) is 10.2 Å². The SMILES string of the molecule is C.C.C.C.C1SS1.CC(C)(C)OC(=O)/S1=C2/NC(CCCCNC(=O)CCN3C(=O)C=CC3=O)C(=O)C(SS[CH-]1)SS2.II.N/S1=C2\NC(CCCCNC(=O)CCN3C(=O)C=CC3=O)C(=O)C(SS[CH-]1)SS2.S1SC12SS2.S1SC12SS2.S=PP=S. The van der Waals surface area contributed by atoms with Gasteiger partial charge in [0.2, 0.25) is 11.8 Å². The maximum absolute atomic E-state index is 13.0. The van der Waals surface area contributed by atoms with Crippen LogP contribution in [0.2, 0.25) is 0 Å². The van der Waals surface area contributed by atoms with Crippen molar-refractivity contribution in [2.24, 2.45) is 5.14 Å². The summed E-state index contributed by atoms with van der Waals surface area (Å²) in [4.78, 5) is 111. The van der Waals surface area contributed by atoms with Crippen LogP contribution in [0.25, 0.3) is 0 Å². The zero-order valence-electron chi connectivity index (χ0n) is 43.2. The van der Waals surface area contributed by atoms with Crippen molar-refractivity contribution in [1.29, 1.82) is 0 Å². The number of ether oxygens (including phenoxy) is 1. The first-order chi connectivity index (χ1) is 39.7. The number of ketones is 2. The maximum atomic E-state index is 13.0. The van der Waals surface area contributed by atoms with Crippen molar-refractivity contribution in [3.05, 3.63) is 34.5 Å². The summed E-state index contributed by atoms with van der Waals surface area (Å²) < 4.78 is 8.24. The number of carbonyl (C=O) groups excluding carboxylic acids is 9. The van der Waals surface area contributed by atoms with Gasteiger partial charge in [-0.1, -0.05) is 72.9 Å². The van der Waals surface area contributed by atoms with Gasteiger partial charge in [-0.05, 0) is 191 Å². The van der Waals surface area contributed by atoms with E-state index in [1.54, 1.807) is 32.4 Å². The Kier molecular flexibility index (Phi) is 49.1. The lowest BCUT2D eigenvalue weighted by Gasteiger charge is -2.28. The van der Waals surface area contributed by atoms with Gasteiger partial charge in [-0.25, -0.2) is 25.9 Å². The molecule has 6 N–H and O–H groups in total. The van der Waals surface area contributed by atoms with Gasteiger partial charge in [0.05, 0.1) is 25.8 Å². The number of nitrogens with zero attached hydrogens (tertiary/aromatic N) is 2. The van der Waals surface area contributed by atoms with E-state index in [2.05, 4.69) is 82.1 Å². The second-order valence-electron chi connectivity index (χ2n) is 17.2. The average molecular weight is 1880 g/mol. The number of nitrogens with two attached hydrogens (primary N) is 1. The maximum Gasteiger partial charge on any atom is 0.334 e. The first-order valence-corrected chi connectivity index (χ1v) is 57.1. The average Bonchev–Trinajstić information content (AvgIpc) is 1.70. The largest absolute Gasteiger partial charge is 0.454 e. The molecule has 87 heavy (non-hydrogen) atoms. The molecule has 11 aliphatic rings. The molecule has 0 saturated carbocycles. The third-order valence-electron chi connectivity index (χ3n) is 10.1. The molecule has 6 unspecified atom stereocenters. The molecule has 11 rings (SSSR count). The third-order valence-corrected chi connectivity index (χ3v) is 47.7. The lowest BCUT2D eigenvalue weighted by Crippen LogP contribution is -2.40. The molecule has 11 heterocycles. The molecule has 0 radical (unpaired) electrons. The van der Waals surface area contributed by atoms with Crippen LogP contribution in [-0.4, -0.2) is 134 Å². The summed E-state index contributed by atoms with van der Waals surface area (Å²) in [5.74, 6) is -1.73. The van der Waals surface area contributed by atoms with E-state index < -0.39 is 44.6 Å². The Bertz CT molecular complexity index is 2430. The van der Waals surface area contributed by atoms with Crippen LogP contribution in [0.3, 0.4) is 0 Å². The van der Waals surface area contributed by atoms with Crippen molar-refractivity contribution in [2.75, 3.05) is 31.3 Å². The number of fused-ring (bicyclic) bond motifs is 6. The molecular formula is C44H67I2N7O10P2S22-2. The van der Waals surface area contributed by atoms with Crippen LogP contribution >= 0.6 is 267 Å². The second-order valence-corrected chi connectivity index (χ2v) is 51.5. The highest BCUT2D eigenvalue weighted by Gasteiger charge is 2.62. The minimum atomic E-state index is -0.897.